The quantitative estimate of drug-likeness (QED) is 0.744. The molecule has 0 N–H and O–H groups in total. The maximum atomic E-state index is 13.0. The molecule has 146 valence electrons. The van der Waals surface area contributed by atoms with Gasteiger partial charge in [0.25, 0.3) is 0 Å². The number of hydrogen-bond donors (Lipinski definition) is 0. The Hall–Kier alpha value is -1.58. The fourth-order valence-corrected chi connectivity index (χ4v) is 6.97. The number of fused-ring (bicyclic) bond motifs is 1. The van der Waals surface area contributed by atoms with Crippen molar-refractivity contribution in [3.63, 3.8) is 0 Å². The monoisotopic (exact) mass is 409 g/mol. The predicted octanol–water partition coefficient (Wildman–Crippen LogP) is 0.974. The topological polar surface area (TPSA) is 78.0 Å². The summed E-state index contributed by atoms with van der Waals surface area (Å²) in [4.78, 5) is 28.7. The second-order valence-electron chi connectivity index (χ2n) is 7.31. The average Bonchev–Trinajstić information content (AvgIpc) is 3.18. The molecule has 0 unspecified atom stereocenters. The highest BCUT2D eigenvalue weighted by atomic mass is 32.2. The summed E-state index contributed by atoms with van der Waals surface area (Å²) in [6.45, 7) is 3.28. The van der Waals surface area contributed by atoms with E-state index in [1.54, 1.807) is 51.9 Å². The van der Waals surface area contributed by atoms with Gasteiger partial charge in [0.2, 0.25) is 21.8 Å². The third kappa shape index (κ3) is 3.15. The van der Waals surface area contributed by atoms with Crippen molar-refractivity contribution in [3.05, 3.63) is 30.3 Å². The van der Waals surface area contributed by atoms with Gasteiger partial charge in [-0.3, -0.25) is 9.59 Å². The molecule has 0 aromatic heterocycles. The van der Waals surface area contributed by atoms with Crippen molar-refractivity contribution in [1.29, 1.82) is 0 Å². The minimum Gasteiger partial charge on any atom is -0.338 e. The minimum atomic E-state index is -3.54. The van der Waals surface area contributed by atoms with Gasteiger partial charge in [0.15, 0.2) is 0 Å². The molecule has 1 aromatic carbocycles. The molecule has 0 spiro atoms. The fraction of sp³-hybridized carbons (Fsp3) is 0.556. The zero-order valence-electron chi connectivity index (χ0n) is 15.2. The first-order chi connectivity index (χ1) is 12.8. The first kappa shape index (κ1) is 18.8. The summed E-state index contributed by atoms with van der Waals surface area (Å²) < 4.78 is 26.9. The lowest BCUT2D eigenvalue weighted by molar-refractivity contribution is -0.144. The molecule has 3 fully saturated rings. The molecule has 3 heterocycles. The van der Waals surface area contributed by atoms with Gasteiger partial charge in [0.1, 0.15) is 6.04 Å². The van der Waals surface area contributed by atoms with Crippen LogP contribution in [0.5, 0.6) is 0 Å². The Morgan fingerprint density at radius 2 is 1.81 bits per heavy atom. The SMILES string of the molecule is C[C@]12CCC(=O)N1[C@H](C(=O)N1CCN(S(=O)(=O)c3ccccc3)CC1)CS2. The first-order valence-corrected chi connectivity index (χ1v) is 11.6. The summed E-state index contributed by atoms with van der Waals surface area (Å²) in [5.74, 6) is 0.605. The van der Waals surface area contributed by atoms with Crippen molar-refractivity contribution in [3.8, 4) is 0 Å². The van der Waals surface area contributed by atoms with Gasteiger partial charge >= 0.3 is 0 Å². The van der Waals surface area contributed by atoms with E-state index >= 15 is 0 Å². The highest BCUT2D eigenvalue weighted by molar-refractivity contribution is 8.01. The zero-order chi connectivity index (χ0) is 19.2. The number of thioether (sulfide) groups is 1. The lowest BCUT2D eigenvalue weighted by Crippen LogP contribution is -2.56. The molecule has 9 heteroatoms. The molecule has 2 amide bonds. The highest BCUT2D eigenvalue weighted by Gasteiger charge is 2.53. The predicted molar refractivity (Wildman–Crippen MR) is 103 cm³/mol. The summed E-state index contributed by atoms with van der Waals surface area (Å²) in [6.07, 6.45) is 1.28. The van der Waals surface area contributed by atoms with Crippen LogP contribution in [-0.2, 0) is 19.6 Å². The molecule has 0 radical (unpaired) electrons. The van der Waals surface area contributed by atoms with Crippen LogP contribution in [0.2, 0.25) is 0 Å². The van der Waals surface area contributed by atoms with Crippen molar-refractivity contribution in [1.82, 2.24) is 14.1 Å². The summed E-state index contributed by atoms with van der Waals surface area (Å²) in [7, 11) is -3.54. The number of benzene rings is 1. The van der Waals surface area contributed by atoms with Gasteiger partial charge in [-0.25, -0.2) is 8.42 Å². The van der Waals surface area contributed by atoms with Crippen LogP contribution in [0, 0.1) is 0 Å². The lowest BCUT2D eigenvalue weighted by Gasteiger charge is -2.37. The lowest BCUT2D eigenvalue weighted by atomic mass is 10.2. The molecule has 4 rings (SSSR count). The summed E-state index contributed by atoms with van der Waals surface area (Å²) in [5, 5.41) is 0. The van der Waals surface area contributed by atoms with Gasteiger partial charge < -0.3 is 9.80 Å². The van der Waals surface area contributed by atoms with E-state index in [9.17, 15) is 18.0 Å². The number of carbonyl (C=O) groups excluding carboxylic acids is 2. The third-order valence-corrected chi connectivity index (χ3v) is 9.08. The number of carbonyl (C=O) groups is 2. The van der Waals surface area contributed by atoms with E-state index in [-0.39, 0.29) is 34.7 Å². The van der Waals surface area contributed by atoms with E-state index in [0.29, 0.717) is 25.3 Å². The van der Waals surface area contributed by atoms with Crippen LogP contribution in [0.4, 0.5) is 0 Å². The van der Waals surface area contributed by atoms with Crippen molar-refractivity contribution in [2.24, 2.45) is 0 Å². The largest absolute Gasteiger partial charge is 0.338 e. The van der Waals surface area contributed by atoms with E-state index in [2.05, 4.69) is 0 Å². The van der Waals surface area contributed by atoms with Gasteiger partial charge in [-0.2, -0.15) is 4.31 Å². The Morgan fingerprint density at radius 1 is 1.15 bits per heavy atom. The van der Waals surface area contributed by atoms with Crippen LogP contribution in [0.15, 0.2) is 35.2 Å². The Balaban J connectivity index is 1.43. The van der Waals surface area contributed by atoms with E-state index in [1.165, 1.54) is 4.31 Å². The van der Waals surface area contributed by atoms with Crippen molar-refractivity contribution < 1.29 is 18.0 Å². The minimum absolute atomic E-state index is 0.0474. The van der Waals surface area contributed by atoms with Crippen molar-refractivity contribution >= 4 is 33.6 Å². The maximum absolute atomic E-state index is 13.0. The molecule has 0 bridgehead atoms. The number of piperazine rings is 1. The summed E-state index contributed by atoms with van der Waals surface area (Å²) >= 11 is 1.67. The van der Waals surface area contributed by atoms with Gasteiger partial charge in [0, 0.05) is 38.4 Å². The van der Waals surface area contributed by atoms with Crippen LogP contribution in [-0.4, -0.2) is 77.2 Å². The van der Waals surface area contributed by atoms with Gasteiger partial charge in [-0.1, -0.05) is 18.2 Å². The molecule has 0 aliphatic carbocycles. The van der Waals surface area contributed by atoms with E-state index < -0.39 is 16.1 Å². The van der Waals surface area contributed by atoms with E-state index in [4.69, 9.17) is 0 Å². The zero-order valence-corrected chi connectivity index (χ0v) is 16.8. The summed E-state index contributed by atoms with van der Waals surface area (Å²) in [5.41, 5.74) is 0. The van der Waals surface area contributed by atoms with Gasteiger partial charge in [-0.05, 0) is 25.5 Å². The standard InChI is InChI=1S/C18H23N3O4S2/c1-18-8-7-16(22)21(18)15(13-26-18)17(23)19-9-11-20(12-10-19)27(24,25)14-5-3-2-4-6-14/h2-6,15H,7-13H2,1H3/t15-,18-/m0/s1. The molecule has 3 aliphatic heterocycles. The number of rotatable bonds is 3. The molecular formula is C18H23N3O4S2. The molecule has 0 saturated carbocycles. The first-order valence-electron chi connectivity index (χ1n) is 9.13. The van der Waals surface area contributed by atoms with Crippen molar-refractivity contribution in [2.75, 3.05) is 31.9 Å². The normalized spacial score (nSPS) is 29.2. The fourth-order valence-electron chi connectivity index (χ4n) is 4.10. The van der Waals surface area contributed by atoms with Crippen LogP contribution in [0.3, 0.4) is 0 Å². The Morgan fingerprint density at radius 3 is 2.48 bits per heavy atom. The second kappa shape index (κ2) is 6.79. The molecule has 7 nitrogen and oxygen atoms in total. The van der Waals surface area contributed by atoms with Gasteiger partial charge in [0.05, 0.1) is 9.77 Å². The van der Waals surface area contributed by atoms with E-state index in [0.717, 1.165) is 6.42 Å². The summed E-state index contributed by atoms with van der Waals surface area (Å²) in [6, 6.07) is 7.93. The smallest absolute Gasteiger partial charge is 0.246 e. The van der Waals surface area contributed by atoms with Crippen LogP contribution in [0.1, 0.15) is 19.8 Å². The second-order valence-corrected chi connectivity index (χ2v) is 10.7. The number of sulfonamides is 1. The molecule has 3 aliphatic rings. The Kier molecular flexibility index (Phi) is 4.72. The van der Waals surface area contributed by atoms with Crippen LogP contribution in [0.25, 0.3) is 0 Å². The highest BCUT2D eigenvalue weighted by Crippen LogP contribution is 2.47. The molecular weight excluding hydrogens is 386 g/mol. The van der Waals surface area contributed by atoms with Crippen molar-refractivity contribution in [2.45, 2.75) is 35.6 Å². The molecule has 27 heavy (non-hydrogen) atoms. The molecule has 1 aromatic rings. The van der Waals surface area contributed by atoms with Crippen LogP contribution >= 0.6 is 11.8 Å². The van der Waals surface area contributed by atoms with E-state index in [1.807, 2.05) is 6.92 Å². The maximum Gasteiger partial charge on any atom is 0.246 e. The molecule has 2 atom stereocenters. The van der Waals surface area contributed by atoms with Crippen LogP contribution < -0.4 is 0 Å². The Labute approximate surface area is 163 Å². The number of nitrogens with zero attached hydrogens (tertiary/aromatic N) is 3. The third-order valence-electron chi connectivity index (χ3n) is 5.66. The molecule has 3 saturated heterocycles. The number of amides is 2. The number of hydrogen-bond acceptors (Lipinski definition) is 5. The average molecular weight is 410 g/mol. The van der Waals surface area contributed by atoms with Gasteiger partial charge in [-0.15, -0.1) is 11.8 Å². The Bertz CT molecular complexity index is 853.